The third kappa shape index (κ3) is 1.82. The Labute approximate surface area is 89.9 Å². The van der Waals surface area contributed by atoms with Crippen LogP contribution in [0.4, 0.5) is 5.69 Å². The molecule has 0 amide bonds. The van der Waals surface area contributed by atoms with Crippen molar-refractivity contribution in [3.05, 3.63) is 29.8 Å². The van der Waals surface area contributed by atoms with E-state index in [1.54, 1.807) is 25.1 Å². The molecule has 3 nitrogen and oxygen atoms in total. The van der Waals surface area contributed by atoms with Crippen LogP contribution in [0.15, 0.2) is 24.3 Å². The van der Waals surface area contributed by atoms with Crippen molar-refractivity contribution in [1.29, 1.82) is 0 Å². The first-order chi connectivity index (χ1) is 6.90. The maximum atomic E-state index is 11.4. The number of carboxylic acids is 1. The van der Waals surface area contributed by atoms with Gasteiger partial charge in [-0.05, 0) is 24.5 Å². The average Bonchev–Trinajstić information content (AvgIpc) is 2.16. The Hall–Kier alpha value is -1.51. The lowest BCUT2D eigenvalue weighted by molar-refractivity contribution is -0.144. The van der Waals surface area contributed by atoms with Crippen molar-refractivity contribution in [2.75, 3.05) is 5.73 Å². The SMILES string of the molecule is CC(C)C(C)(C(=O)O)c1ccccc1N. The molecule has 0 aliphatic heterocycles. The number of nitrogens with two attached hydrogens (primary N) is 1. The molecular formula is C12H17NO2. The number of hydrogen-bond acceptors (Lipinski definition) is 2. The van der Waals surface area contributed by atoms with Crippen molar-refractivity contribution in [1.82, 2.24) is 0 Å². The number of carbonyl (C=O) groups is 1. The summed E-state index contributed by atoms with van der Waals surface area (Å²) in [5.41, 5.74) is 6.12. The minimum atomic E-state index is -0.925. The predicted octanol–water partition coefficient (Wildman–Crippen LogP) is 2.27. The molecule has 15 heavy (non-hydrogen) atoms. The quantitative estimate of drug-likeness (QED) is 0.747. The molecular weight excluding hydrogens is 190 g/mol. The molecule has 1 aromatic carbocycles. The van der Waals surface area contributed by atoms with E-state index in [1.807, 2.05) is 19.9 Å². The summed E-state index contributed by atoms with van der Waals surface area (Å²) >= 11 is 0. The van der Waals surface area contributed by atoms with Crippen molar-refractivity contribution in [3.8, 4) is 0 Å². The molecule has 82 valence electrons. The summed E-state index contributed by atoms with van der Waals surface area (Å²) in [6.07, 6.45) is 0. The Bertz CT molecular complexity index is 374. The van der Waals surface area contributed by atoms with Crippen LogP contribution in [0.2, 0.25) is 0 Å². The molecule has 1 aromatic rings. The van der Waals surface area contributed by atoms with E-state index in [4.69, 9.17) is 5.73 Å². The minimum absolute atomic E-state index is 0.0142. The molecule has 3 heteroatoms. The van der Waals surface area contributed by atoms with E-state index in [-0.39, 0.29) is 5.92 Å². The molecule has 0 aliphatic rings. The number of benzene rings is 1. The van der Waals surface area contributed by atoms with Crippen LogP contribution in [0, 0.1) is 5.92 Å². The van der Waals surface area contributed by atoms with Gasteiger partial charge in [-0.2, -0.15) is 0 Å². The zero-order valence-electron chi connectivity index (χ0n) is 9.32. The van der Waals surface area contributed by atoms with E-state index in [0.717, 1.165) is 0 Å². The molecule has 0 saturated heterocycles. The Morgan fingerprint density at radius 2 is 1.93 bits per heavy atom. The Morgan fingerprint density at radius 1 is 1.40 bits per heavy atom. The fraction of sp³-hybridized carbons (Fsp3) is 0.417. The van der Waals surface area contributed by atoms with E-state index in [2.05, 4.69) is 0 Å². The molecule has 0 radical (unpaired) electrons. The lowest BCUT2D eigenvalue weighted by Gasteiger charge is -2.30. The summed E-state index contributed by atoms with van der Waals surface area (Å²) in [5, 5.41) is 9.33. The maximum Gasteiger partial charge on any atom is 0.314 e. The van der Waals surface area contributed by atoms with Gasteiger partial charge in [-0.25, -0.2) is 0 Å². The molecule has 0 spiro atoms. The summed E-state index contributed by atoms with van der Waals surface area (Å²) in [4.78, 5) is 11.4. The monoisotopic (exact) mass is 207 g/mol. The molecule has 1 rings (SSSR count). The maximum absolute atomic E-state index is 11.4. The van der Waals surface area contributed by atoms with Crippen molar-refractivity contribution in [2.24, 2.45) is 5.92 Å². The number of nitrogen functional groups attached to an aromatic ring is 1. The molecule has 0 aromatic heterocycles. The van der Waals surface area contributed by atoms with Crippen LogP contribution >= 0.6 is 0 Å². The first-order valence-electron chi connectivity index (χ1n) is 4.99. The summed E-state index contributed by atoms with van der Waals surface area (Å²) in [7, 11) is 0. The lowest BCUT2D eigenvalue weighted by Crippen LogP contribution is -2.38. The number of anilines is 1. The van der Waals surface area contributed by atoms with E-state index < -0.39 is 11.4 Å². The highest BCUT2D eigenvalue weighted by atomic mass is 16.4. The highest BCUT2D eigenvalue weighted by molar-refractivity contribution is 5.83. The molecule has 0 heterocycles. The zero-order valence-corrected chi connectivity index (χ0v) is 9.32. The smallest absolute Gasteiger partial charge is 0.314 e. The number of carboxylic acid groups (broad SMARTS) is 1. The molecule has 0 bridgehead atoms. The number of rotatable bonds is 3. The van der Waals surface area contributed by atoms with Crippen LogP contribution < -0.4 is 5.73 Å². The van der Waals surface area contributed by atoms with Crippen LogP contribution in [0.3, 0.4) is 0 Å². The van der Waals surface area contributed by atoms with Gasteiger partial charge in [0.15, 0.2) is 0 Å². The van der Waals surface area contributed by atoms with Crippen molar-refractivity contribution >= 4 is 11.7 Å². The molecule has 0 fully saturated rings. The van der Waals surface area contributed by atoms with Gasteiger partial charge in [-0.1, -0.05) is 32.0 Å². The van der Waals surface area contributed by atoms with Crippen LogP contribution in [-0.4, -0.2) is 11.1 Å². The molecule has 1 atom stereocenters. The third-order valence-electron chi connectivity index (χ3n) is 3.12. The minimum Gasteiger partial charge on any atom is -0.481 e. The zero-order chi connectivity index (χ0) is 11.6. The van der Waals surface area contributed by atoms with Crippen LogP contribution in [0.5, 0.6) is 0 Å². The topological polar surface area (TPSA) is 63.3 Å². The average molecular weight is 207 g/mol. The Kier molecular flexibility index (Phi) is 3.03. The lowest BCUT2D eigenvalue weighted by atomic mass is 9.73. The van der Waals surface area contributed by atoms with Gasteiger partial charge in [0.2, 0.25) is 0 Å². The first-order valence-corrected chi connectivity index (χ1v) is 4.99. The largest absolute Gasteiger partial charge is 0.481 e. The van der Waals surface area contributed by atoms with Crippen LogP contribution in [0.1, 0.15) is 26.3 Å². The first kappa shape index (κ1) is 11.6. The molecule has 3 N–H and O–H groups in total. The fourth-order valence-corrected chi connectivity index (χ4v) is 1.64. The van der Waals surface area contributed by atoms with Gasteiger partial charge in [0.25, 0.3) is 0 Å². The second-order valence-electron chi connectivity index (χ2n) is 4.25. The summed E-state index contributed by atoms with van der Waals surface area (Å²) in [6.45, 7) is 5.49. The Balaban J connectivity index is 3.34. The Morgan fingerprint density at radius 3 is 2.33 bits per heavy atom. The predicted molar refractivity (Wildman–Crippen MR) is 60.7 cm³/mol. The highest BCUT2D eigenvalue weighted by Gasteiger charge is 2.39. The van der Waals surface area contributed by atoms with Gasteiger partial charge in [0.1, 0.15) is 0 Å². The van der Waals surface area contributed by atoms with Crippen molar-refractivity contribution in [2.45, 2.75) is 26.2 Å². The van der Waals surface area contributed by atoms with Gasteiger partial charge in [0.05, 0.1) is 5.41 Å². The van der Waals surface area contributed by atoms with Gasteiger partial charge < -0.3 is 10.8 Å². The van der Waals surface area contributed by atoms with Gasteiger partial charge in [-0.15, -0.1) is 0 Å². The number of para-hydroxylation sites is 1. The number of hydrogen-bond donors (Lipinski definition) is 2. The van der Waals surface area contributed by atoms with Crippen molar-refractivity contribution < 1.29 is 9.90 Å². The second kappa shape index (κ2) is 3.93. The molecule has 0 aliphatic carbocycles. The van der Waals surface area contributed by atoms with Gasteiger partial charge in [-0.3, -0.25) is 4.79 Å². The molecule has 1 unspecified atom stereocenters. The van der Waals surface area contributed by atoms with Crippen LogP contribution in [-0.2, 0) is 10.2 Å². The summed E-state index contributed by atoms with van der Waals surface area (Å²) in [6, 6.07) is 7.14. The van der Waals surface area contributed by atoms with E-state index >= 15 is 0 Å². The van der Waals surface area contributed by atoms with E-state index in [0.29, 0.717) is 11.3 Å². The fourth-order valence-electron chi connectivity index (χ4n) is 1.64. The van der Waals surface area contributed by atoms with Crippen LogP contribution in [0.25, 0.3) is 0 Å². The number of aliphatic carboxylic acids is 1. The standard InChI is InChI=1S/C12H17NO2/c1-8(2)12(3,11(14)15)9-6-4-5-7-10(9)13/h4-8H,13H2,1-3H3,(H,14,15). The summed E-state index contributed by atoms with van der Waals surface area (Å²) < 4.78 is 0. The highest BCUT2D eigenvalue weighted by Crippen LogP contribution is 2.35. The van der Waals surface area contributed by atoms with Gasteiger partial charge in [0, 0.05) is 5.69 Å². The second-order valence-corrected chi connectivity index (χ2v) is 4.25. The van der Waals surface area contributed by atoms with Crippen molar-refractivity contribution in [3.63, 3.8) is 0 Å². The molecule has 0 saturated carbocycles. The third-order valence-corrected chi connectivity index (χ3v) is 3.12. The van der Waals surface area contributed by atoms with E-state index in [9.17, 15) is 9.90 Å². The normalized spacial score (nSPS) is 14.9. The summed E-state index contributed by atoms with van der Waals surface area (Å²) in [5.74, 6) is -0.852. The van der Waals surface area contributed by atoms with Gasteiger partial charge >= 0.3 is 5.97 Å². The van der Waals surface area contributed by atoms with E-state index in [1.165, 1.54) is 0 Å².